The number of benzene rings is 3. The molecule has 0 atom stereocenters. The number of hydrogen-bond acceptors (Lipinski definition) is 7. The van der Waals surface area contributed by atoms with Crippen LogP contribution in [0.5, 0.6) is 23.0 Å². The van der Waals surface area contributed by atoms with Gasteiger partial charge in [-0.1, -0.05) is 24.3 Å². The van der Waals surface area contributed by atoms with Crippen LogP contribution in [0.2, 0.25) is 0 Å². The summed E-state index contributed by atoms with van der Waals surface area (Å²) in [6.45, 7) is 0.273. The van der Waals surface area contributed by atoms with E-state index in [9.17, 15) is 4.79 Å². The summed E-state index contributed by atoms with van der Waals surface area (Å²) in [5.41, 5.74) is 2.43. The van der Waals surface area contributed by atoms with Crippen molar-refractivity contribution in [1.29, 1.82) is 0 Å². The lowest BCUT2D eigenvalue weighted by Crippen LogP contribution is -2.19. The number of methoxy groups -OCH3 is 3. The number of carbonyl (C=O) groups is 1. The SMILES string of the molecule is COc1ccc(OC)c(COc2ccc(/C=C3\SC(=Nc4ccccc4)NC3=O)cc2OC)c1. The fourth-order valence-electron chi connectivity index (χ4n) is 3.30. The van der Waals surface area contributed by atoms with Gasteiger partial charge in [0.1, 0.15) is 18.1 Å². The molecule has 34 heavy (non-hydrogen) atoms. The first-order valence-electron chi connectivity index (χ1n) is 10.5. The molecule has 0 saturated carbocycles. The molecule has 7 nitrogen and oxygen atoms in total. The van der Waals surface area contributed by atoms with Crippen LogP contribution in [0.4, 0.5) is 5.69 Å². The normalized spacial score (nSPS) is 15.3. The molecule has 1 aliphatic rings. The van der Waals surface area contributed by atoms with E-state index in [-0.39, 0.29) is 12.5 Å². The third-order valence-electron chi connectivity index (χ3n) is 4.99. The van der Waals surface area contributed by atoms with E-state index in [0.717, 1.165) is 22.6 Å². The number of aliphatic imine (C=N–C) groups is 1. The van der Waals surface area contributed by atoms with Crippen molar-refractivity contribution < 1.29 is 23.7 Å². The van der Waals surface area contributed by atoms with E-state index in [2.05, 4.69) is 10.3 Å². The Balaban J connectivity index is 1.50. The van der Waals surface area contributed by atoms with Crippen LogP contribution in [0.1, 0.15) is 11.1 Å². The molecule has 1 aliphatic heterocycles. The fourth-order valence-corrected chi connectivity index (χ4v) is 4.14. The second-order valence-corrected chi connectivity index (χ2v) is 8.22. The number of ether oxygens (including phenoxy) is 4. The zero-order valence-electron chi connectivity index (χ0n) is 19.0. The Labute approximate surface area is 202 Å². The molecule has 1 fully saturated rings. The molecule has 1 N–H and O–H groups in total. The fraction of sp³-hybridized carbons (Fsp3) is 0.154. The highest BCUT2D eigenvalue weighted by Gasteiger charge is 2.24. The molecule has 0 unspecified atom stereocenters. The van der Waals surface area contributed by atoms with Gasteiger partial charge < -0.3 is 24.3 Å². The van der Waals surface area contributed by atoms with Crippen LogP contribution in [-0.2, 0) is 11.4 Å². The molecule has 3 aromatic rings. The van der Waals surface area contributed by atoms with Gasteiger partial charge in [0, 0.05) is 5.56 Å². The molecular weight excluding hydrogens is 452 g/mol. The van der Waals surface area contributed by atoms with Gasteiger partial charge >= 0.3 is 0 Å². The number of nitrogens with one attached hydrogen (secondary N) is 1. The summed E-state index contributed by atoms with van der Waals surface area (Å²) in [6, 6.07) is 20.5. The number of amidine groups is 1. The van der Waals surface area contributed by atoms with Crippen molar-refractivity contribution in [3.8, 4) is 23.0 Å². The topological polar surface area (TPSA) is 78.4 Å². The van der Waals surface area contributed by atoms with Crippen molar-refractivity contribution >= 4 is 34.6 Å². The lowest BCUT2D eigenvalue weighted by molar-refractivity contribution is -0.115. The lowest BCUT2D eigenvalue weighted by Gasteiger charge is -2.14. The Morgan fingerprint density at radius 1 is 0.882 bits per heavy atom. The summed E-state index contributed by atoms with van der Waals surface area (Å²) >= 11 is 1.29. The van der Waals surface area contributed by atoms with Crippen LogP contribution in [-0.4, -0.2) is 32.4 Å². The average molecular weight is 477 g/mol. The predicted molar refractivity (Wildman–Crippen MR) is 134 cm³/mol. The molecule has 1 heterocycles. The summed E-state index contributed by atoms with van der Waals surface area (Å²) in [5, 5.41) is 3.34. The van der Waals surface area contributed by atoms with Crippen molar-refractivity contribution in [3.05, 3.63) is 82.8 Å². The molecule has 0 spiro atoms. The third-order valence-corrected chi connectivity index (χ3v) is 5.90. The summed E-state index contributed by atoms with van der Waals surface area (Å²) in [6.07, 6.45) is 1.80. The van der Waals surface area contributed by atoms with Crippen LogP contribution < -0.4 is 24.3 Å². The number of thioether (sulfide) groups is 1. The lowest BCUT2D eigenvalue weighted by atomic mass is 10.1. The van der Waals surface area contributed by atoms with Crippen LogP contribution in [0, 0.1) is 0 Å². The monoisotopic (exact) mass is 476 g/mol. The molecule has 1 saturated heterocycles. The molecule has 4 rings (SSSR count). The molecule has 3 aromatic carbocycles. The first-order valence-corrected chi connectivity index (χ1v) is 11.3. The van der Waals surface area contributed by atoms with Gasteiger partial charge in [0.25, 0.3) is 5.91 Å². The second kappa shape index (κ2) is 10.8. The first kappa shape index (κ1) is 23.3. The second-order valence-electron chi connectivity index (χ2n) is 7.19. The summed E-state index contributed by atoms with van der Waals surface area (Å²) in [5.74, 6) is 2.36. The van der Waals surface area contributed by atoms with Crippen molar-refractivity contribution in [2.75, 3.05) is 21.3 Å². The van der Waals surface area contributed by atoms with Gasteiger partial charge in [0.15, 0.2) is 16.7 Å². The highest BCUT2D eigenvalue weighted by atomic mass is 32.2. The number of para-hydroxylation sites is 1. The van der Waals surface area contributed by atoms with Gasteiger partial charge in [-0.05, 0) is 65.9 Å². The Morgan fingerprint density at radius 2 is 1.65 bits per heavy atom. The van der Waals surface area contributed by atoms with E-state index in [4.69, 9.17) is 18.9 Å². The molecule has 1 amide bonds. The Kier molecular flexibility index (Phi) is 7.39. The maximum Gasteiger partial charge on any atom is 0.264 e. The number of amides is 1. The van der Waals surface area contributed by atoms with Crippen LogP contribution in [0.15, 0.2) is 76.6 Å². The Bertz CT molecular complexity index is 1240. The summed E-state index contributed by atoms with van der Waals surface area (Å²) in [4.78, 5) is 17.4. The summed E-state index contributed by atoms with van der Waals surface area (Å²) in [7, 11) is 4.80. The third kappa shape index (κ3) is 5.52. The quantitative estimate of drug-likeness (QED) is 0.451. The standard InChI is InChI=1S/C26H24N2O5S/c1-30-20-10-12-21(31-2)18(15-20)16-33-22-11-9-17(13-23(22)32-3)14-24-25(29)28-26(34-24)27-19-7-5-4-6-8-19/h4-15H,16H2,1-3H3,(H,27,28,29)/b24-14-. The van der Waals surface area contributed by atoms with Crippen molar-refractivity contribution in [2.45, 2.75) is 6.61 Å². The van der Waals surface area contributed by atoms with E-state index >= 15 is 0 Å². The molecule has 8 heteroatoms. The van der Waals surface area contributed by atoms with Crippen molar-refractivity contribution in [2.24, 2.45) is 4.99 Å². The Morgan fingerprint density at radius 3 is 2.38 bits per heavy atom. The molecule has 174 valence electrons. The van der Waals surface area contributed by atoms with Crippen molar-refractivity contribution in [3.63, 3.8) is 0 Å². The number of rotatable bonds is 8. The minimum atomic E-state index is -0.191. The predicted octanol–water partition coefficient (Wildman–Crippen LogP) is 5.18. The van der Waals surface area contributed by atoms with Gasteiger partial charge in [0.2, 0.25) is 0 Å². The average Bonchev–Trinajstić information content (AvgIpc) is 3.21. The Hall–Kier alpha value is -3.91. The van der Waals surface area contributed by atoms with Crippen LogP contribution in [0.3, 0.4) is 0 Å². The van der Waals surface area contributed by atoms with Gasteiger partial charge in [-0.3, -0.25) is 4.79 Å². The van der Waals surface area contributed by atoms with E-state index in [1.807, 2.05) is 66.7 Å². The smallest absolute Gasteiger partial charge is 0.264 e. The first-order chi connectivity index (χ1) is 16.6. The van der Waals surface area contributed by atoms with E-state index in [0.29, 0.717) is 27.3 Å². The highest BCUT2D eigenvalue weighted by molar-refractivity contribution is 8.18. The van der Waals surface area contributed by atoms with Gasteiger partial charge in [-0.15, -0.1) is 0 Å². The minimum absolute atomic E-state index is 0.191. The van der Waals surface area contributed by atoms with Gasteiger partial charge in [0.05, 0.1) is 31.9 Å². The molecule has 0 aromatic heterocycles. The van der Waals surface area contributed by atoms with E-state index in [1.54, 1.807) is 27.4 Å². The maximum absolute atomic E-state index is 12.4. The zero-order chi connectivity index (χ0) is 23.9. The number of hydrogen-bond donors (Lipinski definition) is 1. The van der Waals surface area contributed by atoms with E-state index < -0.39 is 0 Å². The number of nitrogens with zero attached hydrogens (tertiary/aromatic N) is 1. The van der Waals surface area contributed by atoms with E-state index in [1.165, 1.54) is 11.8 Å². The molecule has 0 radical (unpaired) electrons. The van der Waals surface area contributed by atoms with Crippen molar-refractivity contribution in [1.82, 2.24) is 5.32 Å². The number of carbonyl (C=O) groups excluding carboxylic acids is 1. The van der Waals surface area contributed by atoms with Crippen LogP contribution >= 0.6 is 11.8 Å². The molecule has 0 aliphatic carbocycles. The largest absolute Gasteiger partial charge is 0.497 e. The van der Waals surface area contributed by atoms with Crippen LogP contribution in [0.25, 0.3) is 6.08 Å². The zero-order valence-corrected chi connectivity index (χ0v) is 19.8. The highest BCUT2D eigenvalue weighted by Crippen LogP contribution is 2.33. The summed E-state index contributed by atoms with van der Waals surface area (Å²) < 4.78 is 22.2. The molecule has 0 bridgehead atoms. The minimum Gasteiger partial charge on any atom is -0.497 e. The van der Waals surface area contributed by atoms with Gasteiger partial charge in [-0.2, -0.15) is 0 Å². The maximum atomic E-state index is 12.4. The molecular formula is C26H24N2O5S. The van der Waals surface area contributed by atoms with Gasteiger partial charge in [-0.25, -0.2) is 4.99 Å².